The fraction of sp³-hybridized carbons (Fsp3) is 0.133. The molecule has 1 aromatic heterocycles. The number of benzene rings is 2. The smallest absolute Gasteiger partial charge is 0.295 e. The van der Waals surface area contributed by atoms with Crippen LogP contribution in [0, 0.1) is 0 Å². The van der Waals surface area contributed by atoms with Crippen LogP contribution in [0.2, 0.25) is 10.0 Å². The van der Waals surface area contributed by atoms with Gasteiger partial charge in [0.2, 0.25) is 0 Å². The molecule has 0 fully saturated rings. The Hall–Kier alpha value is -1.71. The molecule has 2 aromatic carbocycles. The third-order valence-electron chi connectivity index (χ3n) is 2.98. The van der Waals surface area contributed by atoms with Crippen LogP contribution in [-0.2, 0) is 6.42 Å². The summed E-state index contributed by atoms with van der Waals surface area (Å²) in [5, 5.41) is 4.48. The summed E-state index contributed by atoms with van der Waals surface area (Å²) < 4.78 is 5.58. The van der Waals surface area contributed by atoms with Crippen molar-refractivity contribution in [2.24, 2.45) is 0 Å². The van der Waals surface area contributed by atoms with E-state index in [0.717, 1.165) is 23.1 Å². The number of nitrogens with zero attached hydrogens (tertiary/aromatic N) is 1. The third-order valence-corrected chi connectivity index (χ3v) is 3.57. The zero-order valence-corrected chi connectivity index (χ0v) is 12.1. The molecule has 5 heteroatoms. The molecule has 0 aliphatic carbocycles. The van der Waals surface area contributed by atoms with Crippen molar-refractivity contribution >= 4 is 40.3 Å². The van der Waals surface area contributed by atoms with Gasteiger partial charge in [-0.1, -0.05) is 41.4 Å². The van der Waals surface area contributed by atoms with Crippen LogP contribution in [-0.4, -0.2) is 11.5 Å². The molecule has 102 valence electrons. The molecule has 0 saturated heterocycles. The number of hydrogen-bond acceptors (Lipinski definition) is 3. The molecule has 0 aliphatic rings. The van der Waals surface area contributed by atoms with Gasteiger partial charge in [-0.25, -0.2) is 0 Å². The van der Waals surface area contributed by atoms with Crippen LogP contribution in [0.5, 0.6) is 0 Å². The van der Waals surface area contributed by atoms with Gasteiger partial charge in [0, 0.05) is 16.6 Å². The molecular formula is C15H12Cl2N2O. The summed E-state index contributed by atoms with van der Waals surface area (Å²) in [7, 11) is 0. The second-order valence-corrected chi connectivity index (χ2v) is 5.24. The summed E-state index contributed by atoms with van der Waals surface area (Å²) >= 11 is 12.0. The van der Waals surface area contributed by atoms with Gasteiger partial charge >= 0.3 is 0 Å². The van der Waals surface area contributed by atoms with Crippen LogP contribution in [0.25, 0.3) is 11.1 Å². The summed E-state index contributed by atoms with van der Waals surface area (Å²) in [6.07, 6.45) is 0.773. The molecule has 0 unspecified atom stereocenters. The van der Waals surface area contributed by atoms with Crippen LogP contribution >= 0.6 is 23.2 Å². The summed E-state index contributed by atoms with van der Waals surface area (Å²) in [6, 6.07) is 13.7. The largest absolute Gasteiger partial charge is 0.424 e. The molecule has 0 saturated carbocycles. The number of nitrogens with one attached hydrogen (secondary N) is 1. The van der Waals surface area contributed by atoms with E-state index >= 15 is 0 Å². The molecule has 3 aromatic rings. The molecule has 0 radical (unpaired) electrons. The van der Waals surface area contributed by atoms with E-state index in [2.05, 4.69) is 10.3 Å². The number of hydrogen-bond donors (Lipinski definition) is 1. The summed E-state index contributed by atoms with van der Waals surface area (Å²) in [5.74, 6) is 0. The number of rotatable bonds is 4. The minimum Gasteiger partial charge on any atom is -0.424 e. The lowest BCUT2D eigenvalue weighted by Crippen LogP contribution is -2.05. The van der Waals surface area contributed by atoms with E-state index < -0.39 is 0 Å². The van der Waals surface area contributed by atoms with Crippen molar-refractivity contribution in [2.45, 2.75) is 6.42 Å². The topological polar surface area (TPSA) is 38.1 Å². The first kappa shape index (κ1) is 13.3. The van der Waals surface area contributed by atoms with Gasteiger partial charge in [-0.3, -0.25) is 0 Å². The molecule has 20 heavy (non-hydrogen) atoms. The maximum Gasteiger partial charge on any atom is 0.295 e. The summed E-state index contributed by atoms with van der Waals surface area (Å²) in [5.41, 5.74) is 2.67. The Balaban J connectivity index is 1.64. The molecule has 0 spiro atoms. The zero-order valence-electron chi connectivity index (χ0n) is 10.6. The van der Waals surface area contributed by atoms with Gasteiger partial charge in [-0.2, -0.15) is 4.98 Å². The fourth-order valence-corrected chi connectivity index (χ4v) is 2.48. The second-order valence-electron chi connectivity index (χ2n) is 4.40. The SMILES string of the molecule is Clc1ccc(CCNc2nc3ccccc3o2)c(Cl)c1. The number of aromatic nitrogens is 1. The average molecular weight is 307 g/mol. The van der Waals surface area contributed by atoms with Crippen molar-refractivity contribution in [1.29, 1.82) is 0 Å². The van der Waals surface area contributed by atoms with Crippen molar-refractivity contribution in [3.05, 3.63) is 58.1 Å². The number of anilines is 1. The standard InChI is InChI=1S/C15H12Cl2N2O/c16-11-6-5-10(12(17)9-11)7-8-18-15-19-13-3-1-2-4-14(13)20-15/h1-6,9H,7-8H2,(H,18,19). The monoisotopic (exact) mass is 306 g/mol. The van der Waals surface area contributed by atoms with Gasteiger partial charge in [0.05, 0.1) is 0 Å². The van der Waals surface area contributed by atoms with Crippen molar-refractivity contribution < 1.29 is 4.42 Å². The van der Waals surface area contributed by atoms with Crippen LogP contribution < -0.4 is 5.32 Å². The zero-order chi connectivity index (χ0) is 13.9. The Morgan fingerprint density at radius 1 is 1.10 bits per heavy atom. The van der Waals surface area contributed by atoms with Crippen LogP contribution in [0.4, 0.5) is 6.01 Å². The minimum absolute atomic E-state index is 0.524. The first-order chi connectivity index (χ1) is 9.72. The van der Waals surface area contributed by atoms with Gasteiger partial charge in [-0.15, -0.1) is 0 Å². The molecule has 1 heterocycles. The lowest BCUT2D eigenvalue weighted by atomic mass is 10.1. The molecule has 0 bridgehead atoms. The predicted octanol–water partition coefficient (Wildman–Crippen LogP) is 4.79. The van der Waals surface area contributed by atoms with Crippen molar-refractivity contribution in [3.63, 3.8) is 0 Å². The van der Waals surface area contributed by atoms with E-state index in [1.807, 2.05) is 36.4 Å². The fourth-order valence-electron chi connectivity index (χ4n) is 1.98. The molecule has 3 nitrogen and oxygen atoms in total. The molecule has 1 N–H and O–H groups in total. The molecule has 0 aliphatic heterocycles. The lowest BCUT2D eigenvalue weighted by molar-refractivity contribution is 0.614. The summed E-state index contributed by atoms with van der Waals surface area (Å²) in [6.45, 7) is 0.689. The van der Waals surface area contributed by atoms with Gasteiger partial charge in [0.15, 0.2) is 5.58 Å². The highest BCUT2D eigenvalue weighted by Gasteiger charge is 2.05. The quantitative estimate of drug-likeness (QED) is 0.753. The number of fused-ring (bicyclic) bond motifs is 1. The second kappa shape index (κ2) is 5.73. The van der Waals surface area contributed by atoms with E-state index in [4.69, 9.17) is 27.6 Å². The molecule has 3 rings (SSSR count). The Morgan fingerprint density at radius 2 is 1.95 bits per heavy atom. The Labute approximate surface area is 126 Å². The number of para-hydroxylation sites is 2. The maximum absolute atomic E-state index is 6.12. The maximum atomic E-state index is 6.12. The Bertz CT molecular complexity index is 707. The highest BCUT2D eigenvalue weighted by atomic mass is 35.5. The van der Waals surface area contributed by atoms with Crippen LogP contribution in [0.15, 0.2) is 46.9 Å². The van der Waals surface area contributed by atoms with Crippen molar-refractivity contribution in [2.75, 3.05) is 11.9 Å². The van der Waals surface area contributed by atoms with E-state index in [9.17, 15) is 0 Å². The Morgan fingerprint density at radius 3 is 2.75 bits per heavy atom. The molecular weight excluding hydrogens is 295 g/mol. The van der Waals surface area contributed by atoms with Crippen LogP contribution in [0.1, 0.15) is 5.56 Å². The van der Waals surface area contributed by atoms with Gasteiger partial charge in [0.1, 0.15) is 5.52 Å². The molecule has 0 atom stereocenters. The van der Waals surface area contributed by atoms with Gasteiger partial charge < -0.3 is 9.73 Å². The van der Waals surface area contributed by atoms with Crippen LogP contribution in [0.3, 0.4) is 0 Å². The Kier molecular flexibility index (Phi) is 3.81. The van der Waals surface area contributed by atoms with Gasteiger partial charge in [-0.05, 0) is 36.2 Å². The van der Waals surface area contributed by atoms with E-state index in [1.54, 1.807) is 6.07 Å². The van der Waals surface area contributed by atoms with Crippen molar-refractivity contribution in [3.8, 4) is 0 Å². The van der Waals surface area contributed by atoms with E-state index in [1.165, 1.54) is 0 Å². The number of oxazole rings is 1. The summed E-state index contributed by atoms with van der Waals surface area (Å²) in [4.78, 5) is 4.35. The van der Waals surface area contributed by atoms with Crippen molar-refractivity contribution in [1.82, 2.24) is 4.98 Å². The van der Waals surface area contributed by atoms with E-state index in [0.29, 0.717) is 22.6 Å². The highest BCUT2D eigenvalue weighted by molar-refractivity contribution is 6.35. The van der Waals surface area contributed by atoms with Gasteiger partial charge in [0.25, 0.3) is 6.01 Å². The first-order valence-electron chi connectivity index (χ1n) is 6.26. The molecule has 0 amide bonds. The average Bonchev–Trinajstić information content (AvgIpc) is 2.84. The highest BCUT2D eigenvalue weighted by Crippen LogP contribution is 2.22. The first-order valence-corrected chi connectivity index (χ1v) is 7.01. The minimum atomic E-state index is 0.524. The van der Waals surface area contributed by atoms with E-state index in [-0.39, 0.29) is 0 Å². The third kappa shape index (κ3) is 2.89. The predicted molar refractivity (Wildman–Crippen MR) is 82.7 cm³/mol. The normalized spacial score (nSPS) is 10.9. The lowest BCUT2D eigenvalue weighted by Gasteiger charge is -2.05. The number of halogens is 2.